The maximum atomic E-state index is 11.4. The number of nitrogens with zero attached hydrogens (tertiary/aromatic N) is 3. The highest BCUT2D eigenvalue weighted by Gasteiger charge is 2.06. The molecule has 16 heavy (non-hydrogen) atoms. The number of hydrogen-bond donors (Lipinski definition) is 1. The Bertz CT molecular complexity index is 575. The lowest BCUT2D eigenvalue weighted by atomic mass is 10.2. The Kier molecular flexibility index (Phi) is 2.89. The SMILES string of the molecule is Nn1ncn(Cc2ccc(Cl)cc2Cl)c1=O. The highest BCUT2D eigenvalue weighted by atomic mass is 35.5. The van der Waals surface area contributed by atoms with Crippen molar-refractivity contribution in [3.63, 3.8) is 0 Å². The zero-order valence-electron chi connectivity index (χ0n) is 8.10. The normalized spacial score (nSPS) is 10.6. The average Bonchev–Trinajstić information content (AvgIpc) is 2.54. The lowest BCUT2D eigenvalue weighted by molar-refractivity contribution is 0.723. The van der Waals surface area contributed by atoms with Crippen LogP contribution in [-0.4, -0.2) is 14.5 Å². The molecule has 0 atom stereocenters. The molecule has 0 bridgehead atoms. The van der Waals surface area contributed by atoms with Crippen LogP contribution in [0.25, 0.3) is 0 Å². The van der Waals surface area contributed by atoms with E-state index in [1.54, 1.807) is 18.2 Å². The van der Waals surface area contributed by atoms with E-state index in [2.05, 4.69) is 5.10 Å². The highest BCUT2D eigenvalue weighted by Crippen LogP contribution is 2.21. The zero-order valence-corrected chi connectivity index (χ0v) is 9.61. The number of rotatable bonds is 2. The zero-order chi connectivity index (χ0) is 11.7. The van der Waals surface area contributed by atoms with E-state index in [0.717, 1.165) is 10.4 Å². The van der Waals surface area contributed by atoms with Crippen LogP contribution in [0.1, 0.15) is 5.56 Å². The van der Waals surface area contributed by atoms with Crippen molar-refractivity contribution in [3.8, 4) is 0 Å². The van der Waals surface area contributed by atoms with Crippen LogP contribution in [0, 0.1) is 0 Å². The second-order valence-electron chi connectivity index (χ2n) is 3.22. The van der Waals surface area contributed by atoms with E-state index in [4.69, 9.17) is 29.0 Å². The first-order valence-corrected chi connectivity index (χ1v) is 5.17. The lowest BCUT2D eigenvalue weighted by Gasteiger charge is -2.04. The molecule has 0 fully saturated rings. The number of hydrogen-bond acceptors (Lipinski definition) is 3. The van der Waals surface area contributed by atoms with Gasteiger partial charge in [0.1, 0.15) is 6.33 Å². The molecule has 5 nitrogen and oxygen atoms in total. The Labute approximate surface area is 101 Å². The van der Waals surface area contributed by atoms with Crippen molar-refractivity contribution in [2.45, 2.75) is 6.54 Å². The Hall–Kier alpha value is -1.46. The van der Waals surface area contributed by atoms with Crippen LogP contribution in [0.3, 0.4) is 0 Å². The van der Waals surface area contributed by atoms with Crippen molar-refractivity contribution >= 4 is 23.2 Å². The van der Waals surface area contributed by atoms with Gasteiger partial charge in [-0.2, -0.15) is 0 Å². The number of nitrogens with two attached hydrogens (primary N) is 1. The summed E-state index contributed by atoms with van der Waals surface area (Å²) in [7, 11) is 0. The largest absolute Gasteiger partial charge is 0.365 e. The number of benzene rings is 1. The Balaban J connectivity index is 2.34. The summed E-state index contributed by atoms with van der Waals surface area (Å²) in [5.74, 6) is 5.27. The molecule has 0 unspecified atom stereocenters. The van der Waals surface area contributed by atoms with Gasteiger partial charge >= 0.3 is 5.69 Å². The van der Waals surface area contributed by atoms with Crippen molar-refractivity contribution in [2.24, 2.45) is 0 Å². The molecule has 0 aliphatic rings. The fraction of sp³-hybridized carbons (Fsp3) is 0.111. The van der Waals surface area contributed by atoms with E-state index < -0.39 is 5.69 Å². The minimum absolute atomic E-state index is 0.312. The molecule has 0 aliphatic heterocycles. The van der Waals surface area contributed by atoms with Crippen LogP contribution in [0.2, 0.25) is 10.0 Å². The van der Waals surface area contributed by atoms with Crippen molar-refractivity contribution in [1.29, 1.82) is 0 Å². The average molecular weight is 259 g/mol. The minimum atomic E-state index is -0.397. The van der Waals surface area contributed by atoms with Crippen LogP contribution >= 0.6 is 23.2 Å². The molecule has 0 radical (unpaired) electrons. The monoisotopic (exact) mass is 258 g/mol. The van der Waals surface area contributed by atoms with Gasteiger partial charge in [0.15, 0.2) is 0 Å². The third-order valence-corrected chi connectivity index (χ3v) is 2.70. The standard InChI is InChI=1S/C9H8Cl2N4O/c10-7-2-1-6(8(11)3-7)4-14-5-13-15(12)9(14)16/h1-3,5H,4,12H2. The molecule has 0 amide bonds. The van der Waals surface area contributed by atoms with Gasteiger partial charge in [0.25, 0.3) is 0 Å². The number of halogens is 2. The van der Waals surface area contributed by atoms with Crippen LogP contribution in [0.5, 0.6) is 0 Å². The third kappa shape index (κ3) is 2.05. The maximum Gasteiger partial charge on any atom is 0.365 e. The fourth-order valence-corrected chi connectivity index (χ4v) is 1.76. The van der Waals surface area contributed by atoms with Gasteiger partial charge in [0.05, 0.1) is 6.54 Å². The van der Waals surface area contributed by atoms with Crippen molar-refractivity contribution in [3.05, 3.63) is 50.6 Å². The van der Waals surface area contributed by atoms with Crippen molar-refractivity contribution < 1.29 is 0 Å². The fourth-order valence-electron chi connectivity index (χ4n) is 1.29. The number of aromatic nitrogens is 3. The van der Waals surface area contributed by atoms with Gasteiger partial charge in [-0.25, -0.2) is 4.79 Å². The second-order valence-corrected chi connectivity index (χ2v) is 4.07. The first-order chi connectivity index (χ1) is 7.58. The molecule has 1 aromatic carbocycles. The van der Waals surface area contributed by atoms with Crippen LogP contribution < -0.4 is 11.5 Å². The van der Waals surface area contributed by atoms with E-state index in [1.807, 2.05) is 0 Å². The highest BCUT2D eigenvalue weighted by molar-refractivity contribution is 6.35. The summed E-state index contributed by atoms with van der Waals surface area (Å²) < 4.78 is 1.36. The topological polar surface area (TPSA) is 65.8 Å². The lowest BCUT2D eigenvalue weighted by Crippen LogP contribution is -2.30. The predicted octanol–water partition coefficient (Wildman–Crippen LogP) is 1.11. The summed E-state index contributed by atoms with van der Waals surface area (Å²) >= 11 is 11.7. The molecule has 0 saturated heterocycles. The third-order valence-electron chi connectivity index (χ3n) is 2.11. The van der Waals surface area contributed by atoms with Gasteiger partial charge in [-0.05, 0) is 17.7 Å². The molecule has 0 aliphatic carbocycles. The molecular formula is C9H8Cl2N4O. The Morgan fingerprint density at radius 3 is 2.69 bits per heavy atom. The smallest absolute Gasteiger partial charge is 0.318 e. The summed E-state index contributed by atoms with van der Waals surface area (Å²) in [6.07, 6.45) is 1.35. The van der Waals surface area contributed by atoms with Gasteiger partial charge in [0, 0.05) is 10.0 Å². The Morgan fingerprint density at radius 1 is 1.38 bits per heavy atom. The molecule has 0 spiro atoms. The summed E-state index contributed by atoms with van der Waals surface area (Å²) in [4.78, 5) is 12.2. The molecule has 2 rings (SSSR count). The van der Waals surface area contributed by atoms with E-state index in [-0.39, 0.29) is 0 Å². The second kappa shape index (κ2) is 4.19. The molecular weight excluding hydrogens is 251 g/mol. The van der Waals surface area contributed by atoms with Gasteiger partial charge in [-0.3, -0.25) is 4.57 Å². The molecule has 0 saturated carbocycles. The first-order valence-electron chi connectivity index (χ1n) is 4.41. The van der Waals surface area contributed by atoms with E-state index in [9.17, 15) is 4.79 Å². The van der Waals surface area contributed by atoms with Gasteiger partial charge in [-0.15, -0.1) is 9.89 Å². The molecule has 2 N–H and O–H groups in total. The van der Waals surface area contributed by atoms with Crippen LogP contribution in [-0.2, 0) is 6.54 Å². The van der Waals surface area contributed by atoms with Crippen LogP contribution in [0.4, 0.5) is 0 Å². The molecule has 84 valence electrons. The summed E-state index contributed by atoms with van der Waals surface area (Å²) in [6.45, 7) is 0.312. The maximum absolute atomic E-state index is 11.4. The first kappa shape index (κ1) is 11.0. The molecule has 2 aromatic rings. The van der Waals surface area contributed by atoms with Gasteiger partial charge < -0.3 is 5.84 Å². The quantitative estimate of drug-likeness (QED) is 0.821. The van der Waals surface area contributed by atoms with E-state index >= 15 is 0 Å². The number of nitrogen functional groups attached to an aromatic ring is 1. The van der Waals surface area contributed by atoms with E-state index in [1.165, 1.54) is 10.9 Å². The van der Waals surface area contributed by atoms with Gasteiger partial charge in [-0.1, -0.05) is 29.3 Å². The van der Waals surface area contributed by atoms with Crippen molar-refractivity contribution in [2.75, 3.05) is 5.84 Å². The van der Waals surface area contributed by atoms with Gasteiger partial charge in [0.2, 0.25) is 0 Å². The summed E-state index contributed by atoms with van der Waals surface area (Å²) in [5.41, 5.74) is 0.382. The van der Waals surface area contributed by atoms with Crippen LogP contribution in [0.15, 0.2) is 29.3 Å². The van der Waals surface area contributed by atoms with Crippen molar-refractivity contribution in [1.82, 2.24) is 14.5 Å². The molecule has 7 heteroatoms. The summed E-state index contributed by atoms with van der Waals surface area (Å²) in [5, 5.41) is 4.69. The molecule has 1 aromatic heterocycles. The predicted molar refractivity (Wildman–Crippen MR) is 62.2 cm³/mol. The molecule has 1 heterocycles. The summed E-state index contributed by atoms with van der Waals surface area (Å²) in [6, 6.07) is 5.09. The minimum Gasteiger partial charge on any atom is -0.318 e. The Morgan fingerprint density at radius 2 is 2.12 bits per heavy atom. The van der Waals surface area contributed by atoms with E-state index in [0.29, 0.717) is 16.6 Å².